The Morgan fingerprint density at radius 1 is 1.13 bits per heavy atom. The molecule has 0 saturated carbocycles. The van der Waals surface area contributed by atoms with E-state index in [1.807, 2.05) is 56.3 Å². The Hall–Kier alpha value is -2.55. The van der Waals surface area contributed by atoms with Gasteiger partial charge in [0.2, 0.25) is 5.91 Å². The van der Waals surface area contributed by atoms with E-state index >= 15 is 0 Å². The summed E-state index contributed by atoms with van der Waals surface area (Å²) in [6.45, 7) is 6.62. The molecule has 1 N–H and O–H groups in total. The molecule has 0 aliphatic heterocycles. The van der Waals surface area contributed by atoms with Gasteiger partial charge >= 0.3 is 0 Å². The third-order valence-corrected chi connectivity index (χ3v) is 3.62. The lowest BCUT2D eigenvalue weighted by Crippen LogP contribution is -2.11. The second-order valence-electron chi connectivity index (χ2n) is 5.26. The predicted octanol–water partition coefficient (Wildman–Crippen LogP) is 4.61. The number of hydrogen-bond donors (Lipinski definition) is 1. The molecule has 2 rings (SSSR count). The first-order chi connectivity index (χ1) is 11.2. The number of para-hydroxylation sites is 2. The smallest absolute Gasteiger partial charge is 0.248 e. The minimum Gasteiger partial charge on any atom is -0.493 e. The molecule has 120 valence electrons. The maximum atomic E-state index is 12.2. The van der Waals surface area contributed by atoms with Crippen molar-refractivity contribution in [2.45, 2.75) is 27.2 Å². The lowest BCUT2D eigenvalue weighted by Gasteiger charge is -2.11. The number of hydrogen-bond acceptors (Lipinski definition) is 2. The summed E-state index contributed by atoms with van der Waals surface area (Å²) in [7, 11) is 0. The molecule has 0 fully saturated rings. The minimum absolute atomic E-state index is 0.139. The molecule has 0 bridgehead atoms. The van der Waals surface area contributed by atoms with Gasteiger partial charge in [0.05, 0.1) is 6.61 Å². The largest absolute Gasteiger partial charge is 0.493 e. The molecule has 23 heavy (non-hydrogen) atoms. The van der Waals surface area contributed by atoms with E-state index in [4.69, 9.17) is 4.74 Å². The number of rotatable bonds is 6. The Labute approximate surface area is 138 Å². The van der Waals surface area contributed by atoms with Crippen molar-refractivity contribution in [3.05, 3.63) is 65.2 Å². The molecule has 0 radical (unpaired) electrons. The van der Waals surface area contributed by atoms with Crippen LogP contribution in [0.15, 0.2) is 48.5 Å². The standard InChI is InChI=1S/C20H23NO2/c1-4-16-11-8-9-15(3)20(16)21-19(22)14-13-17-10-6-7-12-18(17)23-5-2/h6-14H,4-5H2,1-3H3,(H,21,22)/b14-13+. The van der Waals surface area contributed by atoms with Gasteiger partial charge in [-0.05, 0) is 43.5 Å². The zero-order valence-corrected chi connectivity index (χ0v) is 13.9. The van der Waals surface area contributed by atoms with Crippen molar-refractivity contribution in [1.82, 2.24) is 0 Å². The van der Waals surface area contributed by atoms with Crippen LogP contribution >= 0.6 is 0 Å². The molecule has 0 aliphatic carbocycles. The van der Waals surface area contributed by atoms with E-state index in [1.165, 1.54) is 0 Å². The van der Waals surface area contributed by atoms with E-state index in [0.717, 1.165) is 34.5 Å². The normalized spacial score (nSPS) is 10.7. The highest BCUT2D eigenvalue weighted by atomic mass is 16.5. The number of nitrogens with one attached hydrogen (secondary N) is 1. The van der Waals surface area contributed by atoms with Crippen LogP contribution < -0.4 is 10.1 Å². The van der Waals surface area contributed by atoms with Crippen LogP contribution in [0.1, 0.15) is 30.5 Å². The van der Waals surface area contributed by atoms with Gasteiger partial charge in [-0.1, -0.05) is 43.3 Å². The first-order valence-electron chi connectivity index (χ1n) is 7.95. The molecule has 3 heteroatoms. The van der Waals surface area contributed by atoms with E-state index in [9.17, 15) is 4.79 Å². The van der Waals surface area contributed by atoms with Crippen LogP contribution in [0.2, 0.25) is 0 Å². The lowest BCUT2D eigenvalue weighted by atomic mass is 10.1. The zero-order valence-electron chi connectivity index (χ0n) is 13.9. The molecule has 0 atom stereocenters. The SMILES string of the molecule is CCOc1ccccc1/C=C/C(=O)Nc1c(C)cccc1CC. The zero-order chi connectivity index (χ0) is 16.7. The van der Waals surface area contributed by atoms with Crippen molar-refractivity contribution >= 4 is 17.7 Å². The van der Waals surface area contributed by atoms with Crippen molar-refractivity contribution in [2.75, 3.05) is 11.9 Å². The molecular weight excluding hydrogens is 286 g/mol. The van der Waals surface area contributed by atoms with E-state index in [1.54, 1.807) is 12.2 Å². The number of amides is 1. The van der Waals surface area contributed by atoms with Crippen LogP contribution in [0.5, 0.6) is 5.75 Å². The fourth-order valence-corrected chi connectivity index (χ4v) is 2.44. The van der Waals surface area contributed by atoms with Gasteiger partial charge in [-0.2, -0.15) is 0 Å². The molecule has 3 nitrogen and oxygen atoms in total. The average Bonchev–Trinajstić information content (AvgIpc) is 2.56. The predicted molar refractivity (Wildman–Crippen MR) is 95.8 cm³/mol. The second kappa shape index (κ2) is 8.18. The van der Waals surface area contributed by atoms with Gasteiger partial charge in [-0.3, -0.25) is 4.79 Å². The van der Waals surface area contributed by atoms with Crippen molar-refractivity contribution in [2.24, 2.45) is 0 Å². The van der Waals surface area contributed by atoms with Crippen LogP contribution in [-0.4, -0.2) is 12.5 Å². The van der Waals surface area contributed by atoms with E-state index in [-0.39, 0.29) is 5.91 Å². The number of carbonyl (C=O) groups is 1. The average molecular weight is 309 g/mol. The van der Waals surface area contributed by atoms with Crippen molar-refractivity contribution < 1.29 is 9.53 Å². The molecule has 0 aliphatic rings. The maximum absolute atomic E-state index is 12.2. The number of anilines is 1. The lowest BCUT2D eigenvalue weighted by molar-refractivity contribution is -0.111. The first-order valence-corrected chi connectivity index (χ1v) is 7.95. The van der Waals surface area contributed by atoms with Crippen LogP contribution in [0.25, 0.3) is 6.08 Å². The van der Waals surface area contributed by atoms with Crippen LogP contribution in [-0.2, 0) is 11.2 Å². The highest BCUT2D eigenvalue weighted by Gasteiger charge is 2.07. The quantitative estimate of drug-likeness (QED) is 0.791. The molecule has 1 amide bonds. The summed E-state index contributed by atoms with van der Waals surface area (Å²) < 4.78 is 5.56. The summed E-state index contributed by atoms with van der Waals surface area (Å²) in [5.74, 6) is 0.643. The second-order valence-corrected chi connectivity index (χ2v) is 5.26. The number of benzene rings is 2. The summed E-state index contributed by atoms with van der Waals surface area (Å²) in [4.78, 5) is 12.2. The van der Waals surface area contributed by atoms with Crippen molar-refractivity contribution in [1.29, 1.82) is 0 Å². The van der Waals surface area contributed by atoms with Gasteiger partial charge in [-0.15, -0.1) is 0 Å². The fraction of sp³-hybridized carbons (Fsp3) is 0.250. The molecule has 0 heterocycles. The fourth-order valence-electron chi connectivity index (χ4n) is 2.44. The van der Waals surface area contributed by atoms with Crippen LogP contribution in [0.4, 0.5) is 5.69 Å². The third kappa shape index (κ3) is 4.46. The molecule has 0 spiro atoms. The summed E-state index contributed by atoms with van der Waals surface area (Å²) in [6, 6.07) is 13.7. The Balaban J connectivity index is 2.14. The van der Waals surface area contributed by atoms with E-state index in [2.05, 4.69) is 12.2 Å². The minimum atomic E-state index is -0.139. The molecule has 2 aromatic rings. The summed E-state index contributed by atoms with van der Waals surface area (Å²) in [5.41, 5.74) is 4.01. The third-order valence-electron chi connectivity index (χ3n) is 3.62. The summed E-state index contributed by atoms with van der Waals surface area (Å²) in [5, 5.41) is 2.98. The number of aryl methyl sites for hydroxylation is 2. The van der Waals surface area contributed by atoms with Gasteiger partial charge in [0, 0.05) is 17.3 Å². The van der Waals surface area contributed by atoms with Crippen LogP contribution in [0.3, 0.4) is 0 Å². The Morgan fingerprint density at radius 3 is 2.65 bits per heavy atom. The van der Waals surface area contributed by atoms with Crippen LogP contribution in [0, 0.1) is 6.92 Å². The Bertz CT molecular complexity index is 705. The highest BCUT2D eigenvalue weighted by molar-refractivity contribution is 6.03. The molecular formula is C20H23NO2. The van der Waals surface area contributed by atoms with Gasteiger partial charge in [-0.25, -0.2) is 0 Å². The van der Waals surface area contributed by atoms with Crippen molar-refractivity contribution in [3.8, 4) is 5.75 Å². The summed E-state index contributed by atoms with van der Waals surface area (Å²) in [6.07, 6.45) is 4.21. The molecule has 0 aromatic heterocycles. The molecule has 0 saturated heterocycles. The van der Waals surface area contributed by atoms with E-state index in [0.29, 0.717) is 6.61 Å². The first kappa shape index (κ1) is 16.8. The highest BCUT2D eigenvalue weighted by Crippen LogP contribution is 2.22. The van der Waals surface area contributed by atoms with Gasteiger partial charge < -0.3 is 10.1 Å². The topological polar surface area (TPSA) is 38.3 Å². The van der Waals surface area contributed by atoms with E-state index < -0.39 is 0 Å². The van der Waals surface area contributed by atoms with Gasteiger partial charge in [0.1, 0.15) is 5.75 Å². The number of carbonyl (C=O) groups excluding carboxylic acids is 1. The maximum Gasteiger partial charge on any atom is 0.248 e. The monoisotopic (exact) mass is 309 g/mol. The molecule has 2 aromatic carbocycles. The Kier molecular flexibility index (Phi) is 5.98. The molecule has 0 unspecified atom stereocenters. The Morgan fingerprint density at radius 2 is 1.91 bits per heavy atom. The van der Waals surface area contributed by atoms with Crippen molar-refractivity contribution in [3.63, 3.8) is 0 Å². The summed E-state index contributed by atoms with van der Waals surface area (Å²) >= 11 is 0. The van der Waals surface area contributed by atoms with Gasteiger partial charge in [0.15, 0.2) is 0 Å². The van der Waals surface area contributed by atoms with Gasteiger partial charge in [0.25, 0.3) is 0 Å². The number of ether oxygens (including phenoxy) is 1.